The summed E-state index contributed by atoms with van der Waals surface area (Å²) in [5.74, 6) is 2.84. The van der Waals surface area contributed by atoms with Crippen LogP contribution < -0.4 is 4.90 Å². The molecule has 29 heavy (non-hydrogen) atoms. The van der Waals surface area contributed by atoms with Crippen LogP contribution >= 0.6 is 0 Å². The molecule has 0 unspecified atom stereocenters. The average Bonchev–Trinajstić information content (AvgIpc) is 2.78. The van der Waals surface area contributed by atoms with Crippen LogP contribution in [0.4, 0.5) is 5.69 Å². The molecule has 4 heteroatoms. The van der Waals surface area contributed by atoms with Crippen LogP contribution in [0, 0.1) is 18.3 Å². The second kappa shape index (κ2) is 9.93. The van der Waals surface area contributed by atoms with E-state index in [1.165, 1.54) is 5.56 Å². The van der Waals surface area contributed by atoms with Gasteiger partial charge < -0.3 is 9.80 Å². The molecule has 0 aromatic heterocycles. The van der Waals surface area contributed by atoms with E-state index < -0.39 is 0 Å². The van der Waals surface area contributed by atoms with Crippen molar-refractivity contribution >= 4 is 17.9 Å². The molecule has 1 aliphatic rings. The van der Waals surface area contributed by atoms with E-state index in [1.54, 1.807) is 0 Å². The molecule has 2 aromatic carbocycles. The molecule has 0 aliphatic carbocycles. The van der Waals surface area contributed by atoms with E-state index in [9.17, 15) is 9.59 Å². The number of carbonyl (C=O) groups excluding carboxylic acids is 2. The minimum Gasteiger partial charge on any atom is -0.371 e. The van der Waals surface area contributed by atoms with E-state index in [0.29, 0.717) is 12.1 Å². The SMILES string of the molecule is C#CCN(C(=O)C1CCN(c2ccc(C=O)cc2)CC1)[C@@H](C)Cc1ccccc1. The summed E-state index contributed by atoms with van der Waals surface area (Å²) in [6, 6.07) is 17.9. The van der Waals surface area contributed by atoms with Gasteiger partial charge in [0.25, 0.3) is 0 Å². The fourth-order valence-corrected chi connectivity index (χ4v) is 4.00. The fourth-order valence-electron chi connectivity index (χ4n) is 4.00. The Kier molecular flexibility index (Phi) is 7.08. The Balaban J connectivity index is 1.60. The molecule has 2 aromatic rings. The average molecular weight is 389 g/mol. The van der Waals surface area contributed by atoms with E-state index in [1.807, 2.05) is 47.4 Å². The number of piperidine rings is 1. The first-order valence-electron chi connectivity index (χ1n) is 10.2. The van der Waals surface area contributed by atoms with E-state index in [4.69, 9.17) is 6.42 Å². The lowest BCUT2D eigenvalue weighted by Gasteiger charge is -2.37. The number of nitrogens with zero attached hydrogens (tertiary/aromatic N) is 2. The molecule has 1 fully saturated rings. The van der Waals surface area contributed by atoms with E-state index >= 15 is 0 Å². The third-order valence-electron chi connectivity index (χ3n) is 5.69. The van der Waals surface area contributed by atoms with E-state index in [-0.39, 0.29) is 17.9 Å². The number of terminal acetylenes is 1. The minimum absolute atomic E-state index is 0.00655. The summed E-state index contributed by atoms with van der Waals surface area (Å²) in [6.45, 7) is 4.08. The third kappa shape index (κ3) is 5.26. The second-order valence-electron chi connectivity index (χ2n) is 7.68. The zero-order valence-corrected chi connectivity index (χ0v) is 17.0. The van der Waals surface area contributed by atoms with Crippen LogP contribution in [0.15, 0.2) is 54.6 Å². The predicted octanol–water partition coefficient (Wildman–Crippen LogP) is 3.81. The van der Waals surface area contributed by atoms with Gasteiger partial charge >= 0.3 is 0 Å². The van der Waals surface area contributed by atoms with Crippen LogP contribution in [0.1, 0.15) is 35.7 Å². The molecule has 150 valence electrons. The Morgan fingerprint density at radius 2 is 1.83 bits per heavy atom. The molecular weight excluding hydrogens is 360 g/mol. The highest BCUT2D eigenvalue weighted by atomic mass is 16.2. The summed E-state index contributed by atoms with van der Waals surface area (Å²) < 4.78 is 0. The lowest BCUT2D eigenvalue weighted by Crippen LogP contribution is -2.46. The Hall–Kier alpha value is -3.06. The highest BCUT2D eigenvalue weighted by Crippen LogP contribution is 2.26. The molecule has 1 aliphatic heterocycles. The number of hydrogen-bond donors (Lipinski definition) is 0. The molecule has 3 rings (SSSR count). The topological polar surface area (TPSA) is 40.6 Å². The van der Waals surface area contributed by atoms with Crippen LogP contribution in [-0.4, -0.2) is 42.8 Å². The van der Waals surface area contributed by atoms with Gasteiger partial charge in [0.2, 0.25) is 5.91 Å². The highest BCUT2D eigenvalue weighted by Gasteiger charge is 2.30. The van der Waals surface area contributed by atoms with Gasteiger partial charge in [-0.1, -0.05) is 36.3 Å². The maximum absolute atomic E-state index is 13.2. The maximum Gasteiger partial charge on any atom is 0.226 e. The van der Waals surface area contributed by atoms with Gasteiger partial charge in [0.1, 0.15) is 6.29 Å². The van der Waals surface area contributed by atoms with Crippen LogP contribution in [-0.2, 0) is 11.2 Å². The first kappa shape index (κ1) is 20.7. The van der Waals surface area contributed by atoms with Crippen molar-refractivity contribution in [1.82, 2.24) is 4.90 Å². The van der Waals surface area contributed by atoms with Crippen LogP contribution in [0.2, 0.25) is 0 Å². The van der Waals surface area contributed by atoms with Gasteiger partial charge in [-0.05, 0) is 56.0 Å². The van der Waals surface area contributed by atoms with Gasteiger partial charge in [0.05, 0.1) is 6.54 Å². The lowest BCUT2D eigenvalue weighted by molar-refractivity contribution is -0.137. The minimum atomic E-state index is 0.00655. The summed E-state index contributed by atoms with van der Waals surface area (Å²) in [5, 5.41) is 0. The normalized spacial score (nSPS) is 15.4. The standard InChI is InChI=1S/C25H28N2O2/c1-3-15-27(20(2)18-21-7-5-4-6-8-21)25(29)23-13-16-26(17-14-23)24-11-9-22(19-28)10-12-24/h1,4-12,19-20,23H,13-18H2,2H3/t20-/m0/s1. The number of rotatable bonds is 7. The molecule has 0 bridgehead atoms. The lowest BCUT2D eigenvalue weighted by atomic mass is 9.93. The maximum atomic E-state index is 13.2. The van der Waals surface area contributed by atoms with Gasteiger partial charge in [-0.2, -0.15) is 0 Å². The Bertz CT molecular complexity index is 847. The molecule has 1 atom stereocenters. The van der Waals surface area contributed by atoms with Gasteiger partial charge in [-0.15, -0.1) is 6.42 Å². The van der Waals surface area contributed by atoms with Crippen molar-refractivity contribution in [3.8, 4) is 12.3 Å². The Morgan fingerprint density at radius 1 is 1.17 bits per heavy atom. The second-order valence-corrected chi connectivity index (χ2v) is 7.68. The van der Waals surface area contributed by atoms with Crippen LogP contribution in [0.3, 0.4) is 0 Å². The van der Waals surface area contributed by atoms with Crippen LogP contribution in [0.25, 0.3) is 0 Å². The molecule has 1 heterocycles. The zero-order valence-electron chi connectivity index (χ0n) is 17.0. The number of anilines is 1. The largest absolute Gasteiger partial charge is 0.371 e. The Labute approximate surface area is 173 Å². The summed E-state index contributed by atoms with van der Waals surface area (Å²) in [7, 11) is 0. The quantitative estimate of drug-likeness (QED) is 0.535. The van der Waals surface area contributed by atoms with Crippen molar-refractivity contribution in [3.63, 3.8) is 0 Å². The zero-order chi connectivity index (χ0) is 20.6. The van der Waals surface area contributed by atoms with Crippen LogP contribution in [0.5, 0.6) is 0 Å². The Morgan fingerprint density at radius 3 is 2.41 bits per heavy atom. The smallest absolute Gasteiger partial charge is 0.226 e. The first-order chi connectivity index (χ1) is 14.1. The summed E-state index contributed by atoms with van der Waals surface area (Å²) in [5.41, 5.74) is 2.99. The monoisotopic (exact) mass is 388 g/mol. The molecular formula is C25H28N2O2. The van der Waals surface area contributed by atoms with Gasteiger partial charge in [-0.25, -0.2) is 0 Å². The molecule has 4 nitrogen and oxygen atoms in total. The van der Waals surface area contributed by atoms with Gasteiger partial charge in [0.15, 0.2) is 0 Å². The number of carbonyl (C=O) groups is 2. The third-order valence-corrected chi connectivity index (χ3v) is 5.69. The van der Waals surface area contributed by atoms with Crippen molar-refractivity contribution in [3.05, 3.63) is 65.7 Å². The molecule has 0 saturated carbocycles. The summed E-state index contributed by atoms with van der Waals surface area (Å²) >= 11 is 0. The van der Waals surface area contributed by atoms with E-state index in [2.05, 4.69) is 29.9 Å². The molecule has 0 radical (unpaired) electrons. The summed E-state index contributed by atoms with van der Waals surface area (Å²) in [4.78, 5) is 28.2. The van der Waals surface area contributed by atoms with E-state index in [0.717, 1.165) is 44.3 Å². The number of amides is 1. The highest BCUT2D eigenvalue weighted by molar-refractivity contribution is 5.80. The fraction of sp³-hybridized carbons (Fsp3) is 0.360. The molecule has 0 N–H and O–H groups in total. The van der Waals surface area contributed by atoms with Crippen molar-refractivity contribution in [1.29, 1.82) is 0 Å². The number of hydrogen-bond acceptors (Lipinski definition) is 3. The molecule has 1 amide bonds. The molecule has 0 spiro atoms. The molecule has 1 saturated heterocycles. The predicted molar refractivity (Wildman–Crippen MR) is 117 cm³/mol. The number of benzene rings is 2. The van der Waals surface area contributed by atoms with Gasteiger partial charge in [-0.3, -0.25) is 9.59 Å². The van der Waals surface area contributed by atoms with Crippen molar-refractivity contribution in [2.24, 2.45) is 5.92 Å². The first-order valence-corrected chi connectivity index (χ1v) is 10.2. The van der Waals surface area contributed by atoms with Crippen molar-refractivity contribution in [2.45, 2.75) is 32.2 Å². The summed E-state index contributed by atoms with van der Waals surface area (Å²) in [6.07, 6.45) is 8.85. The van der Waals surface area contributed by atoms with Gasteiger partial charge in [0, 0.05) is 36.3 Å². The van der Waals surface area contributed by atoms with Crippen molar-refractivity contribution in [2.75, 3.05) is 24.5 Å². The number of aldehydes is 1. The van der Waals surface area contributed by atoms with Crippen molar-refractivity contribution < 1.29 is 9.59 Å².